The Morgan fingerprint density at radius 3 is 2.39 bits per heavy atom. The highest BCUT2D eigenvalue weighted by molar-refractivity contribution is 5.80. The van der Waals surface area contributed by atoms with Crippen LogP contribution in [0.2, 0.25) is 0 Å². The van der Waals surface area contributed by atoms with Crippen molar-refractivity contribution in [1.82, 2.24) is 5.32 Å². The largest absolute Gasteiger partial charge is 0.391 e. The maximum absolute atomic E-state index is 12.3. The highest BCUT2D eigenvalue weighted by Gasteiger charge is 2.42. The van der Waals surface area contributed by atoms with E-state index < -0.39 is 0 Å². The maximum atomic E-state index is 12.3. The number of aliphatic hydroxyl groups is 1. The zero-order valence-corrected chi connectivity index (χ0v) is 11.6. The number of rotatable bonds is 2. The molecule has 0 aromatic rings. The molecule has 1 saturated heterocycles. The minimum absolute atomic E-state index is 0.0317. The van der Waals surface area contributed by atoms with Gasteiger partial charge in [-0.3, -0.25) is 4.79 Å². The quantitative estimate of drug-likeness (QED) is 0.785. The van der Waals surface area contributed by atoms with E-state index in [4.69, 9.17) is 4.74 Å². The van der Waals surface area contributed by atoms with E-state index in [9.17, 15) is 9.90 Å². The molecule has 1 aliphatic carbocycles. The summed E-state index contributed by atoms with van der Waals surface area (Å²) in [4.78, 5) is 12.3. The number of amides is 1. The van der Waals surface area contributed by atoms with Gasteiger partial charge in [0.15, 0.2) is 0 Å². The van der Waals surface area contributed by atoms with Gasteiger partial charge < -0.3 is 15.2 Å². The molecule has 2 aliphatic rings. The number of aliphatic hydroxyl groups excluding tert-OH is 1. The molecule has 0 aromatic heterocycles. The summed E-state index contributed by atoms with van der Waals surface area (Å²) < 4.78 is 5.70. The average molecular weight is 255 g/mol. The Hall–Kier alpha value is -0.610. The van der Waals surface area contributed by atoms with Crippen molar-refractivity contribution in [1.29, 1.82) is 0 Å². The van der Waals surface area contributed by atoms with Gasteiger partial charge in [-0.05, 0) is 32.6 Å². The molecule has 0 aromatic carbocycles. The van der Waals surface area contributed by atoms with Crippen LogP contribution >= 0.6 is 0 Å². The molecular formula is C14H25NO3. The van der Waals surface area contributed by atoms with Crippen molar-refractivity contribution >= 4 is 5.91 Å². The second-order valence-electron chi connectivity index (χ2n) is 5.90. The predicted molar refractivity (Wildman–Crippen MR) is 69.1 cm³/mol. The Labute approximate surface area is 109 Å². The summed E-state index contributed by atoms with van der Waals surface area (Å²) in [5, 5.41) is 12.9. The average Bonchev–Trinajstić information content (AvgIpc) is 2.56. The molecule has 1 amide bonds. The first-order valence-corrected chi connectivity index (χ1v) is 7.14. The van der Waals surface area contributed by atoms with Gasteiger partial charge in [-0.2, -0.15) is 0 Å². The van der Waals surface area contributed by atoms with Crippen LogP contribution in [0, 0.1) is 11.8 Å². The molecule has 0 bridgehead atoms. The van der Waals surface area contributed by atoms with Gasteiger partial charge in [-0.15, -0.1) is 0 Å². The molecule has 6 unspecified atom stereocenters. The van der Waals surface area contributed by atoms with Crippen LogP contribution in [0.15, 0.2) is 0 Å². The van der Waals surface area contributed by atoms with Crippen LogP contribution in [0.25, 0.3) is 0 Å². The van der Waals surface area contributed by atoms with Crippen LogP contribution in [0.4, 0.5) is 0 Å². The molecule has 6 atom stereocenters. The molecule has 1 heterocycles. The summed E-state index contributed by atoms with van der Waals surface area (Å²) in [7, 11) is 0. The summed E-state index contributed by atoms with van der Waals surface area (Å²) in [6.45, 7) is 6.04. The summed E-state index contributed by atoms with van der Waals surface area (Å²) >= 11 is 0. The van der Waals surface area contributed by atoms with Gasteiger partial charge in [0.25, 0.3) is 0 Å². The Morgan fingerprint density at radius 2 is 1.83 bits per heavy atom. The van der Waals surface area contributed by atoms with E-state index >= 15 is 0 Å². The molecule has 2 N–H and O–H groups in total. The van der Waals surface area contributed by atoms with Gasteiger partial charge in [-0.1, -0.05) is 19.8 Å². The fraction of sp³-hybridized carbons (Fsp3) is 0.929. The number of carbonyl (C=O) groups excluding carboxylic acids is 1. The molecule has 104 valence electrons. The van der Waals surface area contributed by atoms with E-state index in [0.29, 0.717) is 0 Å². The predicted octanol–water partition coefficient (Wildman–Crippen LogP) is 1.47. The topological polar surface area (TPSA) is 58.6 Å². The van der Waals surface area contributed by atoms with Gasteiger partial charge >= 0.3 is 0 Å². The van der Waals surface area contributed by atoms with Crippen LogP contribution in [0.1, 0.15) is 46.5 Å². The van der Waals surface area contributed by atoms with Crippen molar-refractivity contribution < 1.29 is 14.6 Å². The first-order valence-electron chi connectivity index (χ1n) is 7.14. The molecule has 0 radical (unpaired) electrons. The SMILES string of the molecule is CC1OC(C)C(C(=O)NC2CCCCC2O)C1C. The Balaban J connectivity index is 1.95. The molecule has 2 fully saturated rings. The van der Waals surface area contributed by atoms with E-state index in [1.165, 1.54) is 0 Å². The highest BCUT2D eigenvalue weighted by atomic mass is 16.5. The van der Waals surface area contributed by atoms with E-state index in [2.05, 4.69) is 12.2 Å². The Kier molecular flexibility index (Phi) is 4.28. The van der Waals surface area contributed by atoms with Crippen molar-refractivity contribution in [2.75, 3.05) is 0 Å². The fourth-order valence-electron chi connectivity index (χ4n) is 3.28. The van der Waals surface area contributed by atoms with Crippen LogP contribution in [-0.2, 0) is 9.53 Å². The summed E-state index contributed by atoms with van der Waals surface area (Å²) in [5.41, 5.74) is 0. The lowest BCUT2D eigenvalue weighted by molar-refractivity contribution is -0.129. The third-order valence-electron chi connectivity index (χ3n) is 4.60. The van der Waals surface area contributed by atoms with Crippen LogP contribution in [-0.4, -0.2) is 35.4 Å². The van der Waals surface area contributed by atoms with E-state index in [1.807, 2.05) is 13.8 Å². The lowest BCUT2D eigenvalue weighted by atomic mass is 9.87. The number of hydrogen-bond donors (Lipinski definition) is 2. The monoisotopic (exact) mass is 255 g/mol. The second-order valence-corrected chi connectivity index (χ2v) is 5.90. The maximum Gasteiger partial charge on any atom is 0.226 e. The van der Waals surface area contributed by atoms with E-state index in [-0.39, 0.29) is 42.1 Å². The third kappa shape index (κ3) is 2.69. The van der Waals surface area contributed by atoms with Crippen LogP contribution in [0.5, 0.6) is 0 Å². The third-order valence-corrected chi connectivity index (χ3v) is 4.60. The Bertz CT molecular complexity index is 307. The second kappa shape index (κ2) is 5.57. The fourth-order valence-corrected chi connectivity index (χ4v) is 3.28. The normalized spacial score (nSPS) is 44.9. The van der Waals surface area contributed by atoms with Gasteiger partial charge in [0.2, 0.25) is 5.91 Å². The smallest absolute Gasteiger partial charge is 0.226 e. The zero-order valence-electron chi connectivity index (χ0n) is 11.6. The van der Waals surface area contributed by atoms with Crippen molar-refractivity contribution in [3.05, 3.63) is 0 Å². The van der Waals surface area contributed by atoms with E-state index in [1.54, 1.807) is 0 Å². The van der Waals surface area contributed by atoms with Crippen molar-refractivity contribution in [3.8, 4) is 0 Å². The van der Waals surface area contributed by atoms with Crippen molar-refractivity contribution in [2.24, 2.45) is 11.8 Å². The molecule has 4 heteroatoms. The summed E-state index contributed by atoms with van der Waals surface area (Å²) in [6.07, 6.45) is 3.55. The van der Waals surface area contributed by atoms with Crippen LogP contribution < -0.4 is 5.32 Å². The summed E-state index contributed by atoms with van der Waals surface area (Å²) in [5.74, 6) is 0.195. The Morgan fingerprint density at radius 1 is 1.17 bits per heavy atom. The molecule has 0 spiro atoms. The lowest BCUT2D eigenvalue weighted by Gasteiger charge is -2.30. The van der Waals surface area contributed by atoms with Gasteiger partial charge in [0, 0.05) is 0 Å². The standard InChI is InChI=1S/C14H25NO3/c1-8-9(2)18-10(3)13(8)14(17)15-11-6-4-5-7-12(11)16/h8-13,16H,4-7H2,1-3H3,(H,15,17). The van der Waals surface area contributed by atoms with Gasteiger partial charge in [0.1, 0.15) is 0 Å². The molecule has 4 nitrogen and oxygen atoms in total. The highest BCUT2D eigenvalue weighted by Crippen LogP contribution is 2.32. The number of hydrogen-bond acceptors (Lipinski definition) is 3. The molecular weight excluding hydrogens is 230 g/mol. The number of nitrogens with one attached hydrogen (secondary N) is 1. The number of ether oxygens (including phenoxy) is 1. The molecule has 18 heavy (non-hydrogen) atoms. The number of carbonyl (C=O) groups is 1. The minimum Gasteiger partial charge on any atom is -0.391 e. The van der Waals surface area contributed by atoms with E-state index in [0.717, 1.165) is 25.7 Å². The summed E-state index contributed by atoms with van der Waals surface area (Å²) in [6, 6.07) is -0.0680. The minimum atomic E-state index is -0.381. The van der Waals surface area contributed by atoms with Gasteiger partial charge in [-0.25, -0.2) is 0 Å². The van der Waals surface area contributed by atoms with Crippen LogP contribution in [0.3, 0.4) is 0 Å². The first kappa shape index (κ1) is 13.8. The molecule has 1 saturated carbocycles. The van der Waals surface area contributed by atoms with Crippen molar-refractivity contribution in [3.63, 3.8) is 0 Å². The first-order chi connectivity index (χ1) is 8.50. The molecule has 1 aliphatic heterocycles. The molecule has 2 rings (SSSR count). The zero-order chi connectivity index (χ0) is 13.3. The lowest BCUT2D eigenvalue weighted by Crippen LogP contribution is -2.49. The van der Waals surface area contributed by atoms with Crippen molar-refractivity contribution in [2.45, 2.75) is 70.8 Å². The van der Waals surface area contributed by atoms with Gasteiger partial charge in [0.05, 0.1) is 30.3 Å².